The van der Waals surface area contributed by atoms with E-state index >= 15 is 0 Å². The van der Waals surface area contributed by atoms with Crippen LogP contribution in [-0.2, 0) is 5.41 Å². The summed E-state index contributed by atoms with van der Waals surface area (Å²) in [5.41, 5.74) is 10.8. The Labute approximate surface area is 330 Å². The fourth-order valence-corrected chi connectivity index (χ4v) is 11.2. The van der Waals surface area contributed by atoms with Crippen molar-refractivity contribution in [3.63, 3.8) is 0 Å². The monoisotopic (exact) mass is 738 g/mol. The summed E-state index contributed by atoms with van der Waals surface area (Å²) in [5, 5.41) is 0. The van der Waals surface area contributed by atoms with Crippen LogP contribution in [0.15, 0.2) is 116 Å². The summed E-state index contributed by atoms with van der Waals surface area (Å²) in [4.78, 5) is 30.5. The summed E-state index contributed by atoms with van der Waals surface area (Å²) in [6.07, 6.45) is 8.68. The van der Waals surface area contributed by atoms with E-state index in [4.69, 9.17) is 19.9 Å². The lowest BCUT2D eigenvalue weighted by atomic mass is 9.36. The summed E-state index contributed by atoms with van der Waals surface area (Å²) >= 11 is 0. The first-order chi connectivity index (χ1) is 27.2. The second-order valence-electron chi connectivity index (χ2n) is 16.6. The summed E-state index contributed by atoms with van der Waals surface area (Å²) < 4.78 is 0. The van der Waals surface area contributed by atoms with Gasteiger partial charge < -0.3 is 19.6 Å². The molecule has 0 radical (unpaired) electrons. The number of rotatable bonds is 7. The van der Waals surface area contributed by atoms with Crippen LogP contribution in [0.1, 0.15) is 93.7 Å². The molecule has 1 saturated carbocycles. The van der Waals surface area contributed by atoms with Crippen LogP contribution in [0.2, 0.25) is 0 Å². The van der Waals surface area contributed by atoms with E-state index in [2.05, 4.69) is 165 Å². The molecule has 1 aliphatic carbocycles. The van der Waals surface area contributed by atoms with E-state index < -0.39 is 0 Å². The van der Waals surface area contributed by atoms with Crippen molar-refractivity contribution < 1.29 is 0 Å². The third kappa shape index (κ3) is 4.53. The smallest absolute Gasteiger partial charge is 0.178 e. The van der Waals surface area contributed by atoms with Crippen molar-refractivity contribution in [3.8, 4) is 0 Å². The van der Waals surface area contributed by atoms with Crippen LogP contribution in [-0.4, -0.2) is 32.3 Å². The van der Waals surface area contributed by atoms with Gasteiger partial charge in [-0.3, -0.25) is 0 Å². The minimum Gasteiger partial charge on any atom is -0.302 e. The highest BCUT2D eigenvalue weighted by Gasteiger charge is 2.74. The zero-order valence-corrected chi connectivity index (χ0v) is 33.5. The molecule has 1 fully saturated rings. The van der Waals surface area contributed by atoms with Gasteiger partial charge in [0.15, 0.2) is 23.3 Å². The molecule has 5 atom stereocenters. The van der Waals surface area contributed by atoms with Gasteiger partial charge in [0.2, 0.25) is 0 Å². The van der Waals surface area contributed by atoms with Crippen LogP contribution < -0.4 is 19.6 Å². The van der Waals surface area contributed by atoms with Gasteiger partial charge in [-0.2, -0.15) is 0 Å². The van der Waals surface area contributed by atoms with Crippen molar-refractivity contribution >= 4 is 46.0 Å². The fourth-order valence-electron chi connectivity index (χ4n) is 11.2. The number of hydrogen-bond acceptors (Lipinski definition) is 8. The topological polar surface area (TPSA) is 64.5 Å². The minimum absolute atomic E-state index is 0.00602. The molecule has 6 aromatic rings. The van der Waals surface area contributed by atoms with Crippen molar-refractivity contribution in [2.45, 2.75) is 97.3 Å². The van der Waals surface area contributed by atoms with Gasteiger partial charge in [0.1, 0.15) is 12.3 Å². The van der Waals surface area contributed by atoms with Gasteiger partial charge in [0.05, 0.1) is 11.9 Å². The van der Waals surface area contributed by atoms with Crippen molar-refractivity contribution in [2.75, 3.05) is 19.6 Å². The van der Waals surface area contributed by atoms with Crippen molar-refractivity contribution in [3.05, 3.63) is 144 Å². The Hall–Kier alpha value is -5.76. The molecule has 3 aliphatic heterocycles. The molecule has 0 saturated heterocycles. The molecule has 282 valence electrons. The molecule has 8 heteroatoms. The third-order valence-corrected chi connectivity index (χ3v) is 13.7. The number of nitrogens with zero attached hydrogens (tertiary/aromatic N) is 8. The Morgan fingerprint density at radius 2 is 1.32 bits per heavy atom. The maximum atomic E-state index is 5.30. The Balaban J connectivity index is 1.18. The Bertz CT molecular complexity index is 2460. The van der Waals surface area contributed by atoms with Crippen LogP contribution >= 0.6 is 0 Å². The fraction of sp³-hybridized carbons (Fsp3) is 0.333. The van der Waals surface area contributed by atoms with Crippen molar-refractivity contribution in [2.24, 2.45) is 5.41 Å². The highest BCUT2D eigenvalue weighted by atomic mass is 15.5. The first-order valence-electron chi connectivity index (χ1n) is 20.4. The number of para-hydroxylation sites is 2. The van der Waals surface area contributed by atoms with E-state index in [9.17, 15) is 0 Å². The molecule has 4 aromatic carbocycles. The van der Waals surface area contributed by atoms with Gasteiger partial charge >= 0.3 is 0 Å². The lowest BCUT2D eigenvalue weighted by Crippen LogP contribution is -2.72. The average molecular weight is 739 g/mol. The van der Waals surface area contributed by atoms with Crippen LogP contribution in [0.4, 0.5) is 46.0 Å². The van der Waals surface area contributed by atoms with Gasteiger partial charge in [0.25, 0.3) is 0 Å². The molecule has 0 bridgehead atoms. The lowest BCUT2D eigenvalue weighted by Gasteiger charge is -2.72. The maximum absolute atomic E-state index is 5.30. The normalized spacial score (nSPS) is 24.4. The summed E-state index contributed by atoms with van der Waals surface area (Å²) in [7, 11) is 0. The van der Waals surface area contributed by atoms with Gasteiger partial charge in [-0.1, -0.05) is 99.5 Å². The van der Waals surface area contributed by atoms with E-state index in [1.807, 2.05) is 18.6 Å². The summed E-state index contributed by atoms with van der Waals surface area (Å²) in [5.74, 6) is 4.21. The highest BCUT2D eigenvalue weighted by molar-refractivity contribution is 5.89. The number of hydrogen-bond donors (Lipinski definition) is 0. The Kier molecular flexibility index (Phi) is 7.83. The summed E-state index contributed by atoms with van der Waals surface area (Å²) in [6, 6.07) is 35.9. The Morgan fingerprint density at radius 3 is 2.04 bits per heavy atom. The van der Waals surface area contributed by atoms with Crippen LogP contribution in [0, 0.1) is 19.3 Å². The molecule has 8 nitrogen and oxygen atoms in total. The average Bonchev–Trinajstić information content (AvgIpc) is 3.70. The molecule has 56 heavy (non-hydrogen) atoms. The van der Waals surface area contributed by atoms with E-state index in [1.165, 1.54) is 33.6 Å². The molecule has 5 heterocycles. The van der Waals surface area contributed by atoms with Gasteiger partial charge in [-0.05, 0) is 99.4 Å². The van der Waals surface area contributed by atoms with Crippen LogP contribution in [0.5, 0.6) is 0 Å². The van der Waals surface area contributed by atoms with E-state index in [1.54, 1.807) is 0 Å². The second-order valence-corrected chi connectivity index (χ2v) is 16.6. The maximum Gasteiger partial charge on any atom is 0.178 e. The zero-order valence-electron chi connectivity index (χ0n) is 33.5. The number of anilines is 8. The molecule has 10 rings (SSSR count). The first-order valence-corrected chi connectivity index (χ1v) is 20.4. The van der Waals surface area contributed by atoms with Gasteiger partial charge in [-0.25, -0.2) is 19.9 Å². The predicted molar refractivity (Wildman–Crippen MR) is 227 cm³/mol. The molecule has 2 aromatic heterocycles. The quantitative estimate of drug-likeness (QED) is 0.160. The third-order valence-electron chi connectivity index (χ3n) is 13.7. The van der Waals surface area contributed by atoms with Gasteiger partial charge in [-0.15, -0.1) is 0 Å². The second kappa shape index (κ2) is 12.6. The first kappa shape index (κ1) is 34.7. The Morgan fingerprint density at radius 1 is 0.661 bits per heavy atom. The predicted octanol–water partition coefficient (Wildman–Crippen LogP) is 11.5. The number of fused-ring (bicyclic) bond motifs is 9. The number of aryl methyl sites for hydroxylation is 2. The number of benzene rings is 4. The standard InChI is InChI=1S/C48H50N8/c1-8-47-28-38(36-17-13-14-18-40(36)54-33(7)53(34-15-11-10-12-16-34)45-44(54)51-29-39(52-45)30(3)4)48(47,9-2)37-27-32(6)21-24-41(37)56-43-42(49-25-26-50-43)55(46(47)56)35-22-19-31(5)20-23-35/h10-27,29-30,33,38,46H,8-9,28H2,1-7H3. The van der Waals surface area contributed by atoms with E-state index in [0.29, 0.717) is 0 Å². The molecule has 0 amide bonds. The van der Waals surface area contributed by atoms with Crippen molar-refractivity contribution in [1.29, 1.82) is 0 Å². The van der Waals surface area contributed by atoms with E-state index in [0.717, 1.165) is 59.6 Å². The molecule has 0 N–H and O–H groups in total. The molecular formula is C48H50N8. The molecule has 0 spiro atoms. The minimum atomic E-state index is -0.177. The van der Waals surface area contributed by atoms with E-state index in [-0.39, 0.29) is 35.0 Å². The van der Waals surface area contributed by atoms with Crippen LogP contribution in [0.3, 0.4) is 0 Å². The summed E-state index contributed by atoms with van der Waals surface area (Å²) in [6.45, 7) is 15.9. The molecule has 4 aliphatic rings. The SMILES string of the molecule is CCC12CC(c3ccccc3N3c4ncc(C(C)C)nc4N(c4ccccc4)C3C)C1(CC)c1cc(C)ccc1N1c3nccnc3N(c3ccc(C)cc3)C12. The molecular weight excluding hydrogens is 689 g/mol. The van der Waals surface area contributed by atoms with Crippen molar-refractivity contribution in [1.82, 2.24) is 19.9 Å². The highest BCUT2D eigenvalue weighted by Crippen LogP contribution is 2.77. The number of aromatic nitrogens is 4. The van der Waals surface area contributed by atoms with Gasteiger partial charge in [0, 0.05) is 46.0 Å². The molecule has 5 unspecified atom stereocenters. The van der Waals surface area contributed by atoms with Crippen LogP contribution in [0.25, 0.3) is 0 Å². The lowest BCUT2D eigenvalue weighted by molar-refractivity contribution is -0.0713. The largest absolute Gasteiger partial charge is 0.302 e. The zero-order chi connectivity index (χ0) is 38.5.